The highest BCUT2D eigenvalue weighted by atomic mass is 35.5. The number of carbonyl (C=O) groups is 2. The number of carboxylic acid groups (broad SMARTS) is 1. The Hall–Kier alpha value is -2.64. The second kappa shape index (κ2) is 7.50. The smallest absolute Gasteiger partial charge is 0.332 e. The Morgan fingerprint density at radius 1 is 1.04 bits per heavy atom. The molecule has 25 heavy (non-hydrogen) atoms. The summed E-state index contributed by atoms with van der Waals surface area (Å²) in [5.74, 6) is -2.42. The molecule has 130 valence electrons. The zero-order valence-electron chi connectivity index (χ0n) is 12.9. The monoisotopic (exact) mass is 379 g/mol. The first-order valence-electron chi connectivity index (χ1n) is 7.00. The number of hydrogen-bond donors (Lipinski definition) is 2. The van der Waals surface area contributed by atoms with Crippen molar-refractivity contribution < 1.29 is 23.1 Å². The van der Waals surface area contributed by atoms with Crippen LogP contribution in [0.3, 0.4) is 0 Å². The van der Waals surface area contributed by atoms with Gasteiger partial charge in [-0.05, 0) is 48.5 Å². The summed E-state index contributed by atoms with van der Waals surface area (Å²) in [4.78, 5) is 22.7. The highest BCUT2D eigenvalue weighted by molar-refractivity contribution is 7.91. The fourth-order valence-electron chi connectivity index (χ4n) is 1.92. The van der Waals surface area contributed by atoms with Crippen LogP contribution in [0.5, 0.6) is 0 Å². The fraction of sp³-hybridized carbons (Fsp3) is 0.0588. The fourth-order valence-corrected chi connectivity index (χ4v) is 3.35. The van der Waals surface area contributed by atoms with Gasteiger partial charge in [0.15, 0.2) is 9.84 Å². The molecule has 0 atom stereocenters. The van der Waals surface area contributed by atoms with E-state index < -0.39 is 27.1 Å². The summed E-state index contributed by atoms with van der Waals surface area (Å²) < 4.78 is 24.2. The second-order valence-corrected chi connectivity index (χ2v) is 7.58. The molecule has 0 fully saturated rings. The third kappa shape index (κ3) is 4.91. The van der Waals surface area contributed by atoms with E-state index in [1.165, 1.54) is 24.3 Å². The lowest BCUT2D eigenvalue weighted by atomic mass is 10.2. The highest BCUT2D eigenvalue weighted by Gasteiger charge is 2.19. The van der Waals surface area contributed by atoms with E-state index in [1.54, 1.807) is 24.3 Å². The quantitative estimate of drug-likeness (QED) is 0.751. The molecule has 0 saturated carbocycles. The van der Waals surface area contributed by atoms with Gasteiger partial charge >= 0.3 is 5.97 Å². The van der Waals surface area contributed by atoms with Crippen LogP contribution in [0.2, 0.25) is 5.02 Å². The van der Waals surface area contributed by atoms with Crippen molar-refractivity contribution in [3.63, 3.8) is 0 Å². The van der Waals surface area contributed by atoms with Crippen LogP contribution in [0.4, 0.5) is 5.69 Å². The minimum atomic E-state index is -3.81. The van der Waals surface area contributed by atoms with Crippen LogP contribution in [0.25, 0.3) is 0 Å². The summed E-state index contributed by atoms with van der Waals surface area (Å²) in [6.45, 7) is 3.22. The van der Waals surface area contributed by atoms with Crippen molar-refractivity contribution >= 4 is 39.0 Å². The molecule has 2 rings (SSSR count). The Morgan fingerprint density at radius 2 is 1.60 bits per heavy atom. The van der Waals surface area contributed by atoms with Gasteiger partial charge in [-0.15, -0.1) is 0 Å². The van der Waals surface area contributed by atoms with Crippen molar-refractivity contribution in [2.45, 2.75) is 4.90 Å². The molecule has 8 heteroatoms. The van der Waals surface area contributed by atoms with Gasteiger partial charge in [0.2, 0.25) is 0 Å². The maximum atomic E-state index is 12.1. The van der Waals surface area contributed by atoms with Crippen LogP contribution >= 0.6 is 11.6 Å². The van der Waals surface area contributed by atoms with Crippen LogP contribution in [-0.4, -0.2) is 31.2 Å². The van der Waals surface area contributed by atoms with Crippen LogP contribution in [0, 0.1) is 0 Å². The average molecular weight is 380 g/mol. The third-order valence-electron chi connectivity index (χ3n) is 3.24. The first-order chi connectivity index (χ1) is 11.7. The molecule has 0 aromatic heterocycles. The molecule has 2 N–H and O–H groups in total. The van der Waals surface area contributed by atoms with Crippen LogP contribution in [-0.2, 0) is 14.6 Å². The predicted molar refractivity (Wildman–Crippen MR) is 94.7 cm³/mol. The van der Waals surface area contributed by atoms with Gasteiger partial charge in [0, 0.05) is 21.8 Å². The molecule has 0 aliphatic rings. The molecule has 1 amide bonds. The molecule has 0 aliphatic carbocycles. The SMILES string of the molecule is C=C(CS(=O)(=O)c1ccc(NC(=O)c2ccc(Cl)cc2)cc1)C(=O)O. The molecule has 2 aromatic rings. The van der Waals surface area contributed by atoms with E-state index in [2.05, 4.69) is 11.9 Å². The number of carbonyl (C=O) groups excluding carboxylic acids is 1. The van der Waals surface area contributed by atoms with Crippen LogP contribution in [0.1, 0.15) is 10.4 Å². The Balaban J connectivity index is 2.11. The van der Waals surface area contributed by atoms with E-state index in [1.807, 2.05) is 0 Å². The number of anilines is 1. The van der Waals surface area contributed by atoms with Crippen molar-refractivity contribution in [1.29, 1.82) is 0 Å². The van der Waals surface area contributed by atoms with Crippen LogP contribution < -0.4 is 5.32 Å². The van der Waals surface area contributed by atoms with Crippen LogP contribution in [0.15, 0.2) is 65.6 Å². The van der Waals surface area contributed by atoms with Crippen molar-refractivity contribution in [1.82, 2.24) is 0 Å². The first-order valence-corrected chi connectivity index (χ1v) is 9.03. The van der Waals surface area contributed by atoms with Gasteiger partial charge in [0.1, 0.15) is 0 Å². The van der Waals surface area contributed by atoms with E-state index >= 15 is 0 Å². The second-order valence-electron chi connectivity index (χ2n) is 5.15. The zero-order chi connectivity index (χ0) is 18.6. The number of nitrogens with one attached hydrogen (secondary N) is 1. The number of rotatable bonds is 6. The molecule has 0 saturated heterocycles. The van der Waals surface area contributed by atoms with E-state index in [4.69, 9.17) is 16.7 Å². The average Bonchev–Trinajstić information content (AvgIpc) is 2.55. The number of halogens is 1. The summed E-state index contributed by atoms with van der Waals surface area (Å²) >= 11 is 5.76. The van der Waals surface area contributed by atoms with Crippen molar-refractivity contribution in [3.8, 4) is 0 Å². The topological polar surface area (TPSA) is 101 Å². The summed E-state index contributed by atoms with van der Waals surface area (Å²) in [5, 5.41) is 11.9. The molecule has 0 unspecified atom stereocenters. The molecule has 0 spiro atoms. The van der Waals surface area contributed by atoms with Crippen molar-refractivity contribution in [2.24, 2.45) is 0 Å². The van der Waals surface area contributed by atoms with Gasteiger partial charge in [-0.1, -0.05) is 18.2 Å². The van der Waals surface area contributed by atoms with E-state index in [9.17, 15) is 18.0 Å². The molecule has 0 radical (unpaired) electrons. The number of carboxylic acids is 1. The number of aliphatic carboxylic acids is 1. The lowest BCUT2D eigenvalue weighted by Crippen LogP contribution is -2.14. The Kier molecular flexibility index (Phi) is 5.61. The van der Waals surface area contributed by atoms with Gasteiger partial charge in [-0.2, -0.15) is 0 Å². The molecule has 6 nitrogen and oxygen atoms in total. The van der Waals surface area contributed by atoms with E-state index in [0.717, 1.165) is 0 Å². The van der Waals surface area contributed by atoms with Gasteiger partial charge in [0.05, 0.1) is 10.6 Å². The summed E-state index contributed by atoms with van der Waals surface area (Å²) in [7, 11) is -3.81. The lowest BCUT2D eigenvalue weighted by molar-refractivity contribution is -0.132. The largest absolute Gasteiger partial charge is 0.478 e. The molecule has 0 bridgehead atoms. The molecular weight excluding hydrogens is 366 g/mol. The standard InChI is InChI=1S/C17H14ClNO5S/c1-11(17(21)22)10-25(23,24)15-8-6-14(7-9-15)19-16(20)12-2-4-13(18)5-3-12/h2-9H,1,10H2,(H,19,20)(H,21,22). The summed E-state index contributed by atoms with van der Waals surface area (Å²) in [5.41, 5.74) is 0.384. The summed E-state index contributed by atoms with van der Waals surface area (Å²) in [6, 6.07) is 11.7. The summed E-state index contributed by atoms with van der Waals surface area (Å²) in [6.07, 6.45) is 0. The number of amides is 1. The Labute approximate surface area is 149 Å². The molecule has 2 aromatic carbocycles. The minimum Gasteiger partial charge on any atom is -0.478 e. The predicted octanol–water partition coefficient (Wildman–Crippen LogP) is 3.01. The Morgan fingerprint density at radius 3 is 2.12 bits per heavy atom. The number of hydrogen-bond acceptors (Lipinski definition) is 4. The minimum absolute atomic E-state index is 0.0561. The van der Waals surface area contributed by atoms with E-state index in [0.29, 0.717) is 16.3 Å². The van der Waals surface area contributed by atoms with Gasteiger partial charge in [0.25, 0.3) is 5.91 Å². The number of benzene rings is 2. The number of sulfone groups is 1. The van der Waals surface area contributed by atoms with Gasteiger partial charge in [-0.3, -0.25) is 4.79 Å². The third-order valence-corrected chi connectivity index (χ3v) is 5.22. The van der Waals surface area contributed by atoms with Gasteiger partial charge < -0.3 is 10.4 Å². The lowest BCUT2D eigenvalue weighted by Gasteiger charge is -2.08. The van der Waals surface area contributed by atoms with Gasteiger partial charge in [-0.25, -0.2) is 13.2 Å². The zero-order valence-corrected chi connectivity index (χ0v) is 14.5. The Bertz CT molecular complexity index is 919. The van der Waals surface area contributed by atoms with Crippen molar-refractivity contribution in [3.05, 3.63) is 71.3 Å². The molecule has 0 aliphatic heterocycles. The molecule has 0 heterocycles. The maximum absolute atomic E-state index is 12.1. The van der Waals surface area contributed by atoms with Crippen molar-refractivity contribution in [2.75, 3.05) is 11.1 Å². The normalized spacial score (nSPS) is 10.9. The van der Waals surface area contributed by atoms with E-state index in [-0.39, 0.29) is 10.8 Å². The highest BCUT2D eigenvalue weighted by Crippen LogP contribution is 2.18. The molecular formula is C17H14ClNO5S. The maximum Gasteiger partial charge on any atom is 0.332 e. The first kappa shape index (κ1) is 18.7.